The van der Waals surface area contributed by atoms with Crippen LogP contribution in [0, 0.1) is 5.82 Å². The smallest absolute Gasteiger partial charge is 0.325 e. The lowest BCUT2D eigenvalue weighted by atomic mass is 10.1. The van der Waals surface area contributed by atoms with Crippen molar-refractivity contribution in [2.75, 3.05) is 0 Å². The Morgan fingerprint density at radius 2 is 2.15 bits per heavy atom. The minimum atomic E-state index is -1.24. The number of halogens is 1. The van der Waals surface area contributed by atoms with Gasteiger partial charge in [-0.3, -0.25) is 4.79 Å². The van der Waals surface area contributed by atoms with E-state index in [9.17, 15) is 9.18 Å². The highest BCUT2D eigenvalue weighted by molar-refractivity contribution is 5.75. The second kappa shape index (κ2) is 3.40. The first kappa shape index (κ1) is 9.47. The zero-order valence-electron chi connectivity index (χ0n) is 6.57. The van der Waals surface area contributed by atoms with Gasteiger partial charge in [-0.2, -0.15) is 0 Å². The molecule has 1 aromatic carbocycles. The Morgan fingerprint density at radius 1 is 1.54 bits per heavy atom. The second-order valence-electron chi connectivity index (χ2n) is 2.53. The molecule has 4 N–H and O–H groups in total. The van der Waals surface area contributed by atoms with Gasteiger partial charge in [-0.1, -0.05) is 6.07 Å². The quantitative estimate of drug-likeness (QED) is 0.630. The Kier molecular flexibility index (Phi) is 2.48. The monoisotopic (exact) mass is 185 g/mol. The van der Waals surface area contributed by atoms with E-state index in [-0.39, 0.29) is 5.56 Å². The maximum atomic E-state index is 12.5. The third-order valence-corrected chi connectivity index (χ3v) is 1.60. The van der Waals surface area contributed by atoms with E-state index in [0.717, 1.165) is 12.1 Å². The SMILES string of the molecule is N[C@H](C(=O)O)c1ccc(F)c(O)c1. The van der Waals surface area contributed by atoms with Gasteiger partial charge in [0.2, 0.25) is 0 Å². The van der Waals surface area contributed by atoms with Crippen molar-refractivity contribution in [2.24, 2.45) is 5.73 Å². The van der Waals surface area contributed by atoms with Crippen molar-refractivity contribution in [2.45, 2.75) is 6.04 Å². The number of aliphatic carboxylic acids is 1. The fourth-order valence-corrected chi connectivity index (χ4v) is 0.866. The van der Waals surface area contributed by atoms with E-state index in [0.29, 0.717) is 0 Å². The van der Waals surface area contributed by atoms with Gasteiger partial charge in [-0.15, -0.1) is 0 Å². The summed E-state index contributed by atoms with van der Waals surface area (Å²) in [7, 11) is 0. The lowest BCUT2D eigenvalue weighted by Crippen LogP contribution is -2.20. The van der Waals surface area contributed by atoms with Gasteiger partial charge in [0.15, 0.2) is 11.6 Å². The van der Waals surface area contributed by atoms with Crippen molar-refractivity contribution < 1.29 is 19.4 Å². The molecule has 1 atom stereocenters. The van der Waals surface area contributed by atoms with Crippen LogP contribution in [0.15, 0.2) is 18.2 Å². The third kappa shape index (κ3) is 1.94. The first-order chi connectivity index (χ1) is 6.02. The number of hydrogen-bond acceptors (Lipinski definition) is 3. The Hall–Kier alpha value is -1.62. The number of aromatic hydroxyl groups is 1. The average molecular weight is 185 g/mol. The molecule has 13 heavy (non-hydrogen) atoms. The van der Waals surface area contributed by atoms with Gasteiger partial charge in [0.1, 0.15) is 6.04 Å². The predicted octanol–water partition coefficient (Wildman–Crippen LogP) is 0.616. The number of phenolic OH excluding ortho intramolecular Hbond substituents is 1. The molecule has 0 amide bonds. The van der Waals surface area contributed by atoms with Gasteiger partial charge in [-0.25, -0.2) is 4.39 Å². The summed E-state index contributed by atoms with van der Waals surface area (Å²) >= 11 is 0. The molecule has 1 aromatic rings. The maximum Gasteiger partial charge on any atom is 0.325 e. The Labute approximate surface area is 73.4 Å². The topological polar surface area (TPSA) is 83.6 Å². The largest absolute Gasteiger partial charge is 0.505 e. The zero-order valence-corrected chi connectivity index (χ0v) is 6.57. The summed E-state index contributed by atoms with van der Waals surface area (Å²) < 4.78 is 12.5. The highest BCUT2D eigenvalue weighted by Gasteiger charge is 2.15. The van der Waals surface area contributed by atoms with Crippen LogP contribution in [-0.2, 0) is 4.79 Å². The van der Waals surface area contributed by atoms with Gasteiger partial charge in [0.05, 0.1) is 0 Å². The molecule has 0 aliphatic carbocycles. The summed E-state index contributed by atoms with van der Waals surface area (Å²) in [4.78, 5) is 10.4. The van der Waals surface area contributed by atoms with E-state index >= 15 is 0 Å². The summed E-state index contributed by atoms with van der Waals surface area (Å²) in [6, 6.07) is 1.93. The fraction of sp³-hybridized carbons (Fsp3) is 0.125. The molecule has 5 heteroatoms. The van der Waals surface area contributed by atoms with E-state index in [1.54, 1.807) is 0 Å². The zero-order chi connectivity index (χ0) is 10.0. The Morgan fingerprint density at radius 3 is 2.62 bits per heavy atom. The van der Waals surface area contributed by atoms with Crippen molar-refractivity contribution in [3.63, 3.8) is 0 Å². The molecular weight excluding hydrogens is 177 g/mol. The number of rotatable bonds is 2. The van der Waals surface area contributed by atoms with E-state index in [4.69, 9.17) is 15.9 Å². The second-order valence-corrected chi connectivity index (χ2v) is 2.53. The highest BCUT2D eigenvalue weighted by atomic mass is 19.1. The molecule has 0 radical (unpaired) electrons. The fourth-order valence-electron chi connectivity index (χ4n) is 0.866. The minimum Gasteiger partial charge on any atom is -0.505 e. The molecule has 0 spiro atoms. The van der Waals surface area contributed by atoms with Crippen LogP contribution in [0.4, 0.5) is 4.39 Å². The standard InChI is InChI=1S/C8H8FNO3/c9-5-2-1-4(3-6(5)11)7(10)8(12)13/h1-3,7,11H,10H2,(H,12,13)/t7-/m0/s1. The van der Waals surface area contributed by atoms with Crippen molar-refractivity contribution in [1.82, 2.24) is 0 Å². The Balaban J connectivity index is 3.03. The number of phenols is 1. The predicted molar refractivity (Wildman–Crippen MR) is 42.6 cm³/mol. The van der Waals surface area contributed by atoms with Gasteiger partial charge >= 0.3 is 5.97 Å². The summed E-state index contributed by atoms with van der Waals surface area (Å²) in [6.45, 7) is 0. The van der Waals surface area contributed by atoms with Crippen LogP contribution >= 0.6 is 0 Å². The number of benzene rings is 1. The van der Waals surface area contributed by atoms with Crippen LogP contribution < -0.4 is 5.73 Å². The molecule has 0 bridgehead atoms. The van der Waals surface area contributed by atoms with Crippen LogP contribution in [0.2, 0.25) is 0 Å². The molecular formula is C8H8FNO3. The van der Waals surface area contributed by atoms with E-state index < -0.39 is 23.6 Å². The number of carbonyl (C=O) groups is 1. The first-order valence-electron chi connectivity index (χ1n) is 3.49. The molecule has 0 aliphatic heterocycles. The number of hydrogen-bond donors (Lipinski definition) is 3. The first-order valence-corrected chi connectivity index (χ1v) is 3.49. The van der Waals surface area contributed by atoms with Crippen molar-refractivity contribution in [3.8, 4) is 5.75 Å². The molecule has 0 aliphatic rings. The minimum absolute atomic E-state index is 0.159. The van der Waals surface area contributed by atoms with Gasteiger partial charge in [0, 0.05) is 0 Å². The molecule has 0 unspecified atom stereocenters. The summed E-state index contributed by atoms with van der Waals surface area (Å²) in [5, 5.41) is 17.4. The molecule has 0 aromatic heterocycles. The number of nitrogens with two attached hydrogens (primary N) is 1. The van der Waals surface area contributed by atoms with Crippen molar-refractivity contribution in [1.29, 1.82) is 0 Å². The molecule has 0 heterocycles. The summed E-state index contributed by atoms with van der Waals surface area (Å²) in [6.07, 6.45) is 0. The number of carboxylic acid groups (broad SMARTS) is 1. The highest BCUT2D eigenvalue weighted by Crippen LogP contribution is 2.20. The van der Waals surface area contributed by atoms with Crippen LogP contribution in [0.5, 0.6) is 5.75 Å². The average Bonchev–Trinajstić information content (AvgIpc) is 2.08. The molecule has 1 rings (SSSR count). The van der Waals surface area contributed by atoms with Crippen LogP contribution in [0.3, 0.4) is 0 Å². The van der Waals surface area contributed by atoms with Gasteiger partial charge in [-0.05, 0) is 17.7 Å². The molecule has 0 saturated carbocycles. The van der Waals surface area contributed by atoms with Crippen LogP contribution in [-0.4, -0.2) is 16.2 Å². The normalized spacial score (nSPS) is 12.5. The van der Waals surface area contributed by atoms with E-state index in [1.807, 2.05) is 0 Å². The van der Waals surface area contributed by atoms with E-state index in [1.165, 1.54) is 6.07 Å². The van der Waals surface area contributed by atoms with Crippen molar-refractivity contribution in [3.05, 3.63) is 29.6 Å². The third-order valence-electron chi connectivity index (χ3n) is 1.60. The lowest BCUT2D eigenvalue weighted by Gasteiger charge is -2.06. The van der Waals surface area contributed by atoms with Crippen molar-refractivity contribution >= 4 is 5.97 Å². The van der Waals surface area contributed by atoms with Crippen LogP contribution in [0.25, 0.3) is 0 Å². The number of carboxylic acids is 1. The molecule has 4 nitrogen and oxygen atoms in total. The molecule has 0 fully saturated rings. The van der Waals surface area contributed by atoms with E-state index in [2.05, 4.69) is 0 Å². The maximum absolute atomic E-state index is 12.5. The summed E-state index contributed by atoms with van der Waals surface area (Å²) in [5.41, 5.74) is 5.38. The summed E-state index contributed by atoms with van der Waals surface area (Å²) in [5.74, 6) is -2.64. The van der Waals surface area contributed by atoms with Crippen LogP contribution in [0.1, 0.15) is 11.6 Å². The molecule has 70 valence electrons. The van der Waals surface area contributed by atoms with Gasteiger partial charge < -0.3 is 15.9 Å². The Bertz CT molecular complexity index is 340. The van der Waals surface area contributed by atoms with Gasteiger partial charge in [0.25, 0.3) is 0 Å². The molecule has 0 saturated heterocycles. The lowest BCUT2D eigenvalue weighted by molar-refractivity contribution is -0.138.